The summed E-state index contributed by atoms with van der Waals surface area (Å²) in [6, 6.07) is 9.86. The molecule has 3 rings (SSSR count). The van der Waals surface area contributed by atoms with Crippen LogP contribution in [0.25, 0.3) is 0 Å². The third kappa shape index (κ3) is 4.24. The number of hydrogen-bond donors (Lipinski definition) is 0. The van der Waals surface area contributed by atoms with E-state index in [1.807, 2.05) is 6.07 Å². The highest BCUT2D eigenvalue weighted by Crippen LogP contribution is 2.42. The summed E-state index contributed by atoms with van der Waals surface area (Å²) in [6.07, 6.45) is 1.52. The minimum atomic E-state index is -4.02. The summed E-state index contributed by atoms with van der Waals surface area (Å²) in [4.78, 5) is 26.1. The SMILES string of the molecule is COc1ccc(OC)c(C(=O)COC(=O)C2(S(=O)(=O)c3cc(C)ccc3C)CCCC2)c1. The van der Waals surface area contributed by atoms with Crippen LogP contribution in [0, 0.1) is 13.8 Å². The first-order valence-corrected chi connectivity index (χ1v) is 11.9. The van der Waals surface area contributed by atoms with Gasteiger partial charge in [-0.3, -0.25) is 9.59 Å². The lowest BCUT2D eigenvalue weighted by Gasteiger charge is -2.27. The summed E-state index contributed by atoms with van der Waals surface area (Å²) >= 11 is 0. The molecule has 7 nitrogen and oxygen atoms in total. The van der Waals surface area contributed by atoms with E-state index in [-0.39, 0.29) is 23.3 Å². The third-order valence-electron chi connectivity index (χ3n) is 5.97. The first-order valence-electron chi connectivity index (χ1n) is 10.4. The summed E-state index contributed by atoms with van der Waals surface area (Å²) in [6.45, 7) is 2.92. The number of ketones is 1. The van der Waals surface area contributed by atoms with Gasteiger partial charge in [0.1, 0.15) is 11.5 Å². The van der Waals surface area contributed by atoms with Crippen molar-refractivity contribution in [3.05, 3.63) is 53.1 Å². The van der Waals surface area contributed by atoms with Gasteiger partial charge in [0.2, 0.25) is 5.78 Å². The molecular formula is C24H28O7S. The molecule has 0 aliphatic heterocycles. The van der Waals surface area contributed by atoms with Crippen LogP contribution in [0.15, 0.2) is 41.3 Å². The number of hydrogen-bond acceptors (Lipinski definition) is 7. The minimum Gasteiger partial charge on any atom is -0.497 e. The van der Waals surface area contributed by atoms with Gasteiger partial charge in [-0.05, 0) is 62.1 Å². The Hall–Kier alpha value is -2.87. The lowest BCUT2D eigenvalue weighted by molar-refractivity contribution is -0.145. The van der Waals surface area contributed by atoms with Gasteiger partial charge in [0.05, 0.1) is 24.7 Å². The number of sulfone groups is 1. The largest absolute Gasteiger partial charge is 0.497 e. The lowest BCUT2D eigenvalue weighted by atomic mass is 10.1. The predicted molar refractivity (Wildman–Crippen MR) is 119 cm³/mol. The van der Waals surface area contributed by atoms with Crippen molar-refractivity contribution in [2.24, 2.45) is 0 Å². The molecule has 0 bridgehead atoms. The Morgan fingerprint density at radius 2 is 1.66 bits per heavy atom. The third-order valence-corrected chi connectivity index (χ3v) is 8.59. The monoisotopic (exact) mass is 460 g/mol. The smallest absolute Gasteiger partial charge is 0.328 e. The van der Waals surface area contributed by atoms with Gasteiger partial charge in [-0.2, -0.15) is 0 Å². The van der Waals surface area contributed by atoms with Crippen LogP contribution in [-0.2, 0) is 19.4 Å². The van der Waals surface area contributed by atoms with Gasteiger partial charge in [-0.1, -0.05) is 25.0 Å². The van der Waals surface area contributed by atoms with Gasteiger partial charge in [-0.15, -0.1) is 0 Å². The standard InChI is InChI=1S/C24H28O7S/c1-16-7-8-17(2)22(13-16)32(27,28)24(11-5-6-12-24)23(26)31-15-20(25)19-14-18(29-3)9-10-21(19)30-4/h7-10,13-14H,5-6,11-12,15H2,1-4H3. The van der Waals surface area contributed by atoms with Gasteiger partial charge in [0, 0.05) is 0 Å². The Kier molecular flexibility index (Phi) is 6.93. The second kappa shape index (κ2) is 9.32. The number of Topliss-reactive ketones (excluding diaryl/α,β-unsaturated/α-hetero) is 1. The quantitative estimate of drug-likeness (QED) is 0.436. The Labute approximate surface area is 188 Å². The number of rotatable bonds is 8. The molecule has 0 radical (unpaired) electrons. The van der Waals surface area contributed by atoms with Crippen molar-refractivity contribution in [1.82, 2.24) is 0 Å². The van der Waals surface area contributed by atoms with Crippen LogP contribution in [0.1, 0.15) is 47.2 Å². The molecule has 0 saturated heterocycles. The molecule has 1 aliphatic rings. The fourth-order valence-electron chi connectivity index (χ4n) is 4.11. The molecule has 0 unspecified atom stereocenters. The van der Waals surface area contributed by atoms with E-state index in [9.17, 15) is 18.0 Å². The Bertz CT molecular complexity index is 1130. The van der Waals surface area contributed by atoms with Crippen molar-refractivity contribution >= 4 is 21.6 Å². The maximum atomic E-state index is 13.6. The molecular weight excluding hydrogens is 432 g/mol. The molecule has 0 amide bonds. The van der Waals surface area contributed by atoms with Crippen LogP contribution in [0.4, 0.5) is 0 Å². The minimum absolute atomic E-state index is 0.136. The number of methoxy groups -OCH3 is 2. The van der Waals surface area contributed by atoms with E-state index in [2.05, 4.69) is 0 Å². The van der Waals surface area contributed by atoms with E-state index >= 15 is 0 Å². The van der Waals surface area contributed by atoms with E-state index in [0.29, 0.717) is 29.9 Å². The van der Waals surface area contributed by atoms with Crippen LogP contribution in [0.5, 0.6) is 11.5 Å². The summed E-state index contributed by atoms with van der Waals surface area (Å²) in [7, 11) is -1.12. The molecule has 8 heteroatoms. The highest BCUT2D eigenvalue weighted by Gasteiger charge is 2.54. The molecule has 0 N–H and O–H groups in total. The fraction of sp³-hybridized carbons (Fsp3) is 0.417. The maximum absolute atomic E-state index is 13.6. The summed E-state index contributed by atoms with van der Waals surface area (Å²) < 4.78 is 41.3. The Morgan fingerprint density at radius 1 is 0.969 bits per heavy atom. The van der Waals surface area contributed by atoms with Gasteiger partial charge in [0.25, 0.3) is 0 Å². The molecule has 0 spiro atoms. The highest BCUT2D eigenvalue weighted by atomic mass is 32.2. The van der Waals surface area contributed by atoms with Crippen molar-refractivity contribution in [2.75, 3.05) is 20.8 Å². The highest BCUT2D eigenvalue weighted by molar-refractivity contribution is 7.93. The zero-order valence-electron chi connectivity index (χ0n) is 18.8. The number of carbonyl (C=O) groups is 2. The van der Waals surface area contributed by atoms with Crippen LogP contribution in [-0.4, -0.2) is 45.7 Å². The first-order chi connectivity index (χ1) is 15.2. The topological polar surface area (TPSA) is 96.0 Å². The first kappa shape index (κ1) is 23.8. The fourth-order valence-corrected chi connectivity index (χ4v) is 6.47. The van der Waals surface area contributed by atoms with Crippen LogP contribution < -0.4 is 9.47 Å². The van der Waals surface area contributed by atoms with E-state index < -0.39 is 32.9 Å². The molecule has 32 heavy (non-hydrogen) atoms. The van der Waals surface area contributed by atoms with Gasteiger partial charge in [0.15, 0.2) is 21.2 Å². The maximum Gasteiger partial charge on any atom is 0.328 e. The van der Waals surface area contributed by atoms with Crippen molar-refractivity contribution in [2.45, 2.75) is 49.2 Å². The molecule has 1 aliphatic carbocycles. The van der Waals surface area contributed by atoms with Crippen LogP contribution in [0.2, 0.25) is 0 Å². The van der Waals surface area contributed by atoms with Gasteiger partial charge in [-0.25, -0.2) is 8.42 Å². The van der Waals surface area contributed by atoms with Crippen molar-refractivity contribution in [1.29, 1.82) is 0 Å². The molecule has 0 heterocycles. The summed E-state index contributed by atoms with van der Waals surface area (Å²) in [5.41, 5.74) is 1.56. The molecule has 1 saturated carbocycles. The number of benzene rings is 2. The number of carbonyl (C=O) groups excluding carboxylic acids is 2. The summed E-state index contributed by atoms with van der Waals surface area (Å²) in [5.74, 6) is -0.631. The van der Waals surface area contributed by atoms with E-state index in [0.717, 1.165) is 5.56 Å². The number of esters is 1. The second-order valence-electron chi connectivity index (χ2n) is 8.04. The number of ether oxygens (including phenoxy) is 3. The Balaban J connectivity index is 1.88. The van der Waals surface area contributed by atoms with Crippen LogP contribution >= 0.6 is 0 Å². The second-order valence-corrected chi connectivity index (χ2v) is 10.3. The molecule has 2 aromatic carbocycles. The zero-order chi connectivity index (χ0) is 23.5. The normalized spacial score (nSPS) is 15.2. The van der Waals surface area contributed by atoms with Crippen molar-refractivity contribution in [3.63, 3.8) is 0 Å². The summed E-state index contributed by atoms with van der Waals surface area (Å²) in [5, 5.41) is 0. The predicted octanol–water partition coefficient (Wildman–Crippen LogP) is 3.83. The van der Waals surface area contributed by atoms with E-state index in [4.69, 9.17) is 14.2 Å². The number of aryl methyl sites for hydroxylation is 2. The van der Waals surface area contributed by atoms with E-state index in [1.165, 1.54) is 20.3 Å². The molecule has 0 aromatic heterocycles. The molecule has 2 aromatic rings. The lowest BCUT2D eigenvalue weighted by Crippen LogP contribution is -2.46. The van der Waals surface area contributed by atoms with Gasteiger partial charge >= 0.3 is 5.97 Å². The van der Waals surface area contributed by atoms with Crippen molar-refractivity contribution < 1.29 is 32.2 Å². The van der Waals surface area contributed by atoms with Gasteiger partial charge < -0.3 is 14.2 Å². The Morgan fingerprint density at radius 3 is 2.28 bits per heavy atom. The zero-order valence-corrected chi connectivity index (χ0v) is 19.6. The molecule has 172 valence electrons. The van der Waals surface area contributed by atoms with Crippen molar-refractivity contribution in [3.8, 4) is 11.5 Å². The molecule has 1 fully saturated rings. The average Bonchev–Trinajstić information content (AvgIpc) is 3.30. The molecule has 0 atom stereocenters. The van der Waals surface area contributed by atoms with E-state index in [1.54, 1.807) is 38.1 Å². The van der Waals surface area contributed by atoms with Crippen LogP contribution in [0.3, 0.4) is 0 Å². The average molecular weight is 461 g/mol.